The number of carbonyl (C=O) groups excluding carboxylic acids is 1. The van der Waals surface area contributed by atoms with Gasteiger partial charge in [-0.05, 0) is 61.8 Å². The molecule has 1 saturated carbocycles. The minimum atomic E-state index is -0.00172. The van der Waals surface area contributed by atoms with Gasteiger partial charge in [0.15, 0.2) is 0 Å². The molecule has 1 aliphatic carbocycles. The van der Waals surface area contributed by atoms with E-state index in [9.17, 15) is 4.79 Å². The topological polar surface area (TPSA) is 38.3 Å². The van der Waals surface area contributed by atoms with Gasteiger partial charge in [0.05, 0.1) is 6.61 Å². The number of hydrogen-bond acceptors (Lipinski definition) is 2. The molecule has 0 heterocycles. The third-order valence-electron chi connectivity index (χ3n) is 5.52. The van der Waals surface area contributed by atoms with Crippen LogP contribution in [0.4, 0.5) is 0 Å². The third kappa shape index (κ3) is 5.62. The van der Waals surface area contributed by atoms with Gasteiger partial charge in [0.2, 0.25) is 0 Å². The van der Waals surface area contributed by atoms with Crippen LogP contribution < -0.4 is 10.1 Å². The molecule has 26 heavy (non-hydrogen) atoms. The fourth-order valence-corrected chi connectivity index (χ4v) is 3.59. The van der Waals surface area contributed by atoms with E-state index in [1.165, 1.54) is 24.8 Å². The summed E-state index contributed by atoms with van der Waals surface area (Å²) in [4.78, 5) is 12.4. The summed E-state index contributed by atoms with van der Waals surface area (Å²) in [6.45, 7) is 12.5. The molecule has 2 unspecified atom stereocenters. The van der Waals surface area contributed by atoms with E-state index in [1.54, 1.807) is 0 Å². The van der Waals surface area contributed by atoms with Crippen molar-refractivity contribution in [2.24, 2.45) is 17.3 Å². The fourth-order valence-electron chi connectivity index (χ4n) is 3.59. The summed E-state index contributed by atoms with van der Waals surface area (Å²) >= 11 is 0. The van der Waals surface area contributed by atoms with E-state index in [0.29, 0.717) is 17.4 Å². The van der Waals surface area contributed by atoms with Gasteiger partial charge < -0.3 is 10.1 Å². The number of unbranched alkanes of at least 4 members (excludes halogenated alkanes) is 3. The summed E-state index contributed by atoms with van der Waals surface area (Å²) < 4.78 is 5.74. The number of allylic oxidation sites excluding steroid dienone is 2. The number of ether oxygens (including phenoxy) is 1. The zero-order valence-electron chi connectivity index (χ0n) is 17.1. The van der Waals surface area contributed by atoms with Gasteiger partial charge in [-0.2, -0.15) is 0 Å². The van der Waals surface area contributed by atoms with Crippen LogP contribution in [-0.4, -0.2) is 19.1 Å². The van der Waals surface area contributed by atoms with Gasteiger partial charge in [-0.1, -0.05) is 51.7 Å². The molecule has 0 spiro atoms. The number of carbonyl (C=O) groups is 1. The van der Waals surface area contributed by atoms with E-state index in [1.807, 2.05) is 24.3 Å². The molecule has 1 aromatic carbocycles. The van der Waals surface area contributed by atoms with Crippen molar-refractivity contribution in [3.8, 4) is 5.75 Å². The Hall–Kier alpha value is -1.77. The van der Waals surface area contributed by atoms with E-state index in [4.69, 9.17) is 4.74 Å². The molecule has 1 aliphatic rings. The molecule has 0 aromatic heterocycles. The molecule has 1 N–H and O–H groups in total. The Balaban J connectivity index is 1.77. The Morgan fingerprint density at radius 3 is 2.46 bits per heavy atom. The molecule has 2 atom stereocenters. The van der Waals surface area contributed by atoms with Crippen LogP contribution in [0.15, 0.2) is 35.9 Å². The highest BCUT2D eigenvalue weighted by Crippen LogP contribution is 2.58. The maximum absolute atomic E-state index is 12.4. The number of benzene rings is 1. The van der Waals surface area contributed by atoms with Crippen LogP contribution in [0.5, 0.6) is 5.75 Å². The van der Waals surface area contributed by atoms with Gasteiger partial charge in [0.25, 0.3) is 5.91 Å². The summed E-state index contributed by atoms with van der Waals surface area (Å²) in [6, 6.07) is 7.48. The standard InChI is InChI=1S/C23H35NO2/c1-6-7-8-9-14-26-19-12-10-18(11-13-19)22(25)24-16-21-20(15-17(2)3)23(21,4)5/h10-13,15,20-21H,6-9,14,16H2,1-5H3,(H,24,25). The summed E-state index contributed by atoms with van der Waals surface area (Å²) in [5, 5.41) is 3.10. The molecule has 1 amide bonds. The molecule has 0 radical (unpaired) electrons. The number of rotatable bonds is 10. The number of nitrogens with one attached hydrogen (secondary N) is 1. The van der Waals surface area contributed by atoms with E-state index >= 15 is 0 Å². The normalized spacial score (nSPS) is 20.3. The highest BCUT2D eigenvalue weighted by Gasteiger charge is 2.55. The highest BCUT2D eigenvalue weighted by atomic mass is 16.5. The second-order valence-corrected chi connectivity index (χ2v) is 8.34. The van der Waals surface area contributed by atoms with Crippen LogP contribution in [0.25, 0.3) is 0 Å². The van der Waals surface area contributed by atoms with E-state index in [2.05, 4.69) is 46.0 Å². The fraction of sp³-hybridized carbons (Fsp3) is 0.609. The predicted octanol–water partition coefficient (Wildman–Crippen LogP) is 5.61. The van der Waals surface area contributed by atoms with E-state index in [-0.39, 0.29) is 11.3 Å². The van der Waals surface area contributed by atoms with Gasteiger partial charge in [-0.15, -0.1) is 0 Å². The molecule has 0 aliphatic heterocycles. The third-order valence-corrected chi connectivity index (χ3v) is 5.52. The smallest absolute Gasteiger partial charge is 0.251 e. The number of amides is 1. The zero-order chi connectivity index (χ0) is 19.2. The lowest BCUT2D eigenvalue weighted by molar-refractivity contribution is 0.0950. The van der Waals surface area contributed by atoms with Gasteiger partial charge in [-0.25, -0.2) is 0 Å². The summed E-state index contributed by atoms with van der Waals surface area (Å²) in [6.07, 6.45) is 7.12. The quantitative estimate of drug-likeness (QED) is 0.436. The first-order chi connectivity index (χ1) is 12.4. The van der Waals surface area contributed by atoms with Crippen molar-refractivity contribution < 1.29 is 9.53 Å². The van der Waals surface area contributed by atoms with Crippen LogP contribution >= 0.6 is 0 Å². The van der Waals surface area contributed by atoms with Gasteiger partial charge >= 0.3 is 0 Å². The SMILES string of the molecule is CCCCCCOc1ccc(C(=O)NCC2C(C=C(C)C)C2(C)C)cc1. The summed E-state index contributed by atoms with van der Waals surface area (Å²) in [7, 11) is 0. The Labute approximate surface area is 159 Å². The first kappa shape index (κ1) is 20.5. The lowest BCUT2D eigenvalue weighted by Gasteiger charge is -2.08. The van der Waals surface area contributed by atoms with Crippen LogP contribution in [-0.2, 0) is 0 Å². The average molecular weight is 358 g/mol. The summed E-state index contributed by atoms with van der Waals surface area (Å²) in [5.74, 6) is 1.92. The minimum absolute atomic E-state index is 0.00172. The molecule has 3 heteroatoms. The average Bonchev–Trinajstić information content (AvgIpc) is 3.11. The van der Waals surface area contributed by atoms with Crippen molar-refractivity contribution in [1.29, 1.82) is 0 Å². The Morgan fingerprint density at radius 2 is 1.85 bits per heavy atom. The maximum Gasteiger partial charge on any atom is 0.251 e. The maximum atomic E-state index is 12.4. The van der Waals surface area contributed by atoms with Crippen molar-refractivity contribution >= 4 is 5.91 Å². The predicted molar refractivity (Wildman–Crippen MR) is 109 cm³/mol. The molecule has 0 bridgehead atoms. The van der Waals surface area contributed by atoms with Crippen molar-refractivity contribution in [3.05, 3.63) is 41.5 Å². The molecule has 0 saturated heterocycles. The van der Waals surface area contributed by atoms with Crippen LogP contribution in [0, 0.1) is 17.3 Å². The minimum Gasteiger partial charge on any atom is -0.494 e. The Bertz CT molecular complexity index is 612. The molecule has 1 fully saturated rings. The lowest BCUT2D eigenvalue weighted by Crippen LogP contribution is -2.26. The first-order valence-corrected chi connectivity index (χ1v) is 10.0. The molecular formula is C23H35NO2. The number of hydrogen-bond donors (Lipinski definition) is 1. The van der Waals surface area contributed by atoms with Crippen molar-refractivity contribution in [2.45, 2.75) is 60.3 Å². The molecule has 144 valence electrons. The second-order valence-electron chi connectivity index (χ2n) is 8.34. The van der Waals surface area contributed by atoms with Crippen molar-refractivity contribution in [3.63, 3.8) is 0 Å². The van der Waals surface area contributed by atoms with E-state index < -0.39 is 0 Å². The monoisotopic (exact) mass is 357 g/mol. The zero-order valence-corrected chi connectivity index (χ0v) is 17.1. The van der Waals surface area contributed by atoms with Gasteiger partial charge in [0.1, 0.15) is 5.75 Å². The molecular weight excluding hydrogens is 322 g/mol. The molecule has 1 aromatic rings. The van der Waals surface area contributed by atoms with Crippen LogP contribution in [0.2, 0.25) is 0 Å². The van der Waals surface area contributed by atoms with Crippen LogP contribution in [0.1, 0.15) is 70.7 Å². The van der Waals surface area contributed by atoms with Crippen molar-refractivity contribution in [2.75, 3.05) is 13.2 Å². The molecule has 3 nitrogen and oxygen atoms in total. The Kier molecular flexibility index (Phi) is 7.31. The largest absolute Gasteiger partial charge is 0.494 e. The highest BCUT2D eigenvalue weighted by molar-refractivity contribution is 5.94. The Morgan fingerprint density at radius 1 is 1.15 bits per heavy atom. The second kappa shape index (κ2) is 9.25. The lowest BCUT2D eigenvalue weighted by atomic mass is 10.1. The summed E-state index contributed by atoms with van der Waals surface area (Å²) in [5.41, 5.74) is 2.32. The molecule has 2 rings (SSSR count). The first-order valence-electron chi connectivity index (χ1n) is 10.0. The van der Waals surface area contributed by atoms with Gasteiger partial charge in [0, 0.05) is 12.1 Å². The van der Waals surface area contributed by atoms with Crippen LogP contribution in [0.3, 0.4) is 0 Å². The van der Waals surface area contributed by atoms with E-state index in [0.717, 1.165) is 25.3 Å². The van der Waals surface area contributed by atoms with Crippen molar-refractivity contribution in [1.82, 2.24) is 5.32 Å². The van der Waals surface area contributed by atoms with Gasteiger partial charge in [-0.3, -0.25) is 4.79 Å².